The summed E-state index contributed by atoms with van der Waals surface area (Å²) in [4.78, 5) is 0. The molecular formula is C31H41Cl3O3. The van der Waals surface area contributed by atoms with Gasteiger partial charge in [0.25, 0.3) is 0 Å². The van der Waals surface area contributed by atoms with Crippen LogP contribution in [0.1, 0.15) is 82.8 Å². The van der Waals surface area contributed by atoms with Gasteiger partial charge in [0.1, 0.15) is 17.2 Å². The van der Waals surface area contributed by atoms with Gasteiger partial charge in [0.2, 0.25) is 0 Å². The van der Waals surface area contributed by atoms with E-state index in [4.69, 9.17) is 39.9 Å². The molecule has 3 nitrogen and oxygen atoms in total. The van der Waals surface area contributed by atoms with Gasteiger partial charge in [-0.2, -0.15) is 0 Å². The van der Waals surface area contributed by atoms with Crippen molar-refractivity contribution in [1.29, 1.82) is 0 Å². The third-order valence-electron chi connectivity index (χ3n) is 5.79. The van der Waals surface area contributed by atoms with Crippen LogP contribution in [-0.4, -0.2) is 15.3 Å². The number of hydrogen-bond donors (Lipinski definition) is 3. The zero-order valence-electron chi connectivity index (χ0n) is 22.0. The first kappa shape index (κ1) is 33.0. The maximum absolute atomic E-state index is 9.41. The van der Waals surface area contributed by atoms with Crippen LogP contribution in [0, 0.1) is 0 Å². The molecule has 3 rings (SSSR count). The van der Waals surface area contributed by atoms with Crippen molar-refractivity contribution in [2.75, 3.05) is 0 Å². The standard InChI is InChI=1S/C13H19ClO.C12H17ClO.C6H5ClO/c1-2-3-4-5-6-8-11-9-7-10-12(15)13(11)14;1-2-3-4-5-7-10-8-6-9-11(14)12(10)13;7-5-1-3-6(8)4-2-5/h7,9-10,15H,2-6,8H2,1H3;6,8-9,14H,2-5,7H2,1H3;1-4,8H. The summed E-state index contributed by atoms with van der Waals surface area (Å²) in [6.45, 7) is 4.41. The fourth-order valence-electron chi connectivity index (χ4n) is 3.62. The second kappa shape index (κ2) is 20.0. The third-order valence-corrected chi connectivity index (χ3v) is 6.92. The van der Waals surface area contributed by atoms with Crippen molar-refractivity contribution in [3.05, 3.63) is 86.9 Å². The molecule has 0 bridgehead atoms. The van der Waals surface area contributed by atoms with E-state index in [0.29, 0.717) is 15.1 Å². The molecule has 0 radical (unpaired) electrons. The van der Waals surface area contributed by atoms with Crippen LogP contribution in [0.4, 0.5) is 0 Å². The van der Waals surface area contributed by atoms with Gasteiger partial charge >= 0.3 is 0 Å². The highest BCUT2D eigenvalue weighted by molar-refractivity contribution is 6.33. The van der Waals surface area contributed by atoms with E-state index >= 15 is 0 Å². The summed E-state index contributed by atoms with van der Waals surface area (Å²) in [5, 5.41) is 29.2. The number of rotatable bonds is 11. The molecule has 3 N–H and O–H groups in total. The fraction of sp³-hybridized carbons (Fsp3) is 0.419. The lowest BCUT2D eigenvalue weighted by molar-refractivity contribution is 0.474. The largest absolute Gasteiger partial charge is 0.508 e. The number of phenolic OH excluding ortho intramolecular Hbond substituents is 3. The Balaban J connectivity index is 0.000000290. The lowest BCUT2D eigenvalue weighted by atomic mass is 10.1. The highest BCUT2D eigenvalue weighted by Crippen LogP contribution is 2.28. The predicted octanol–water partition coefficient (Wildman–Crippen LogP) is 10.8. The molecule has 204 valence electrons. The Labute approximate surface area is 238 Å². The molecule has 6 heteroatoms. The lowest BCUT2D eigenvalue weighted by Crippen LogP contribution is -1.87. The van der Waals surface area contributed by atoms with E-state index in [-0.39, 0.29) is 17.2 Å². The smallest absolute Gasteiger partial charge is 0.134 e. The third kappa shape index (κ3) is 14.4. The van der Waals surface area contributed by atoms with E-state index in [9.17, 15) is 10.2 Å². The second-order valence-corrected chi connectivity index (χ2v) is 10.1. The molecule has 3 aromatic rings. The molecule has 37 heavy (non-hydrogen) atoms. The molecule has 0 saturated carbocycles. The lowest BCUT2D eigenvalue weighted by Gasteiger charge is -2.05. The summed E-state index contributed by atoms with van der Waals surface area (Å²) in [6.07, 6.45) is 13.1. The molecule has 0 aliphatic carbocycles. The zero-order chi connectivity index (χ0) is 27.5. The van der Waals surface area contributed by atoms with Crippen LogP contribution in [0.25, 0.3) is 0 Å². The quantitative estimate of drug-likeness (QED) is 0.202. The van der Waals surface area contributed by atoms with Crippen LogP contribution >= 0.6 is 34.8 Å². The fourth-order valence-corrected chi connectivity index (χ4v) is 4.19. The molecule has 0 aliphatic rings. The molecule has 0 atom stereocenters. The second-order valence-electron chi connectivity index (χ2n) is 8.95. The van der Waals surface area contributed by atoms with Gasteiger partial charge in [-0.25, -0.2) is 0 Å². The minimum atomic E-state index is 0.194. The molecule has 0 spiro atoms. The summed E-state index contributed by atoms with van der Waals surface area (Å²) in [6, 6.07) is 17.3. The van der Waals surface area contributed by atoms with E-state index in [1.165, 1.54) is 44.9 Å². The molecule has 0 fully saturated rings. The van der Waals surface area contributed by atoms with Gasteiger partial charge in [-0.1, -0.05) is 118 Å². The summed E-state index contributed by atoms with van der Waals surface area (Å²) < 4.78 is 0. The summed E-state index contributed by atoms with van der Waals surface area (Å²) >= 11 is 17.4. The molecule has 0 amide bonds. The Kier molecular flexibility index (Phi) is 17.8. The summed E-state index contributed by atoms with van der Waals surface area (Å²) in [5.41, 5.74) is 2.12. The van der Waals surface area contributed by atoms with Crippen molar-refractivity contribution < 1.29 is 15.3 Å². The average molecular weight is 568 g/mol. The van der Waals surface area contributed by atoms with Gasteiger partial charge in [0, 0.05) is 5.02 Å². The van der Waals surface area contributed by atoms with E-state index in [0.717, 1.165) is 36.8 Å². The number of unbranched alkanes of at least 4 members (excludes halogenated alkanes) is 7. The number of phenols is 3. The zero-order valence-corrected chi connectivity index (χ0v) is 24.3. The number of benzene rings is 3. The molecule has 0 aliphatic heterocycles. The monoisotopic (exact) mass is 566 g/mol. The Hall–Kier alpha value is -2.07. The first-order chi connectivity index (χ1) is 17.8. The van der Waals surface area contributed by atoms with Crippen molar-refractivity contribution >= 4 is 34.8 Å². The van der Waals surface area contributed by atoms with Crippen molar-refractivity contribution in [2.24, 2.45) is 0 Å². The van der Waals surface area contributed by atoms with Gasteiger partial charge < -0.3 is 15.3 Å². The Morgan fingerprint density at radius 1 is 0.514 bits per heavy atom. The highest BCUT2D eigenvalue weighted by Gasteiger charge is 2.04. The molecular weight excluding hydrogens is 527 g/mol. The van der Waals surface area contributed by atoms with E-state index < -0.39 is 0 Å². The first-order valence-electron chi connectivity index (χ1n) is 13.2. The first-order valence-corrected chi connectivity index (χ1v) is 14.3. The van der Waals surface area contributed by atoms with Crippen LogP contribution in [0.3, 0.4) is 0 Å². The van der Waals surface area contributed by atoms with Crippen molar-refractivity contribution in [3.63, 3.8) is 0 Å². The maximum Gasteiger partial charge on any atom is 0.134 e. The molecule has 0 aromatic heterocycles. The average Bonchev–Trinajstić information content (AvgIpc) is 2.89. The SMILES string of the molecule is CCCCCCCc1cccc(O)c1Cl.CCCCCCc1cccc(O)c1Cl.Oc1ccc(Cl)cc1. The van der Waals surface area contributed by atoms with Gasteiger partial charge in [0.05, 0.1) is 10.0 Å². The predicted molar refractivity (Wildman–Crippen MR) is 160 cm³/mol. The highest BCUT2D eigenvalue weighted by atomic mass is 35.5. The topological polar surface area (TPSA) is 60.7 Å². The summed E-state index contributed by atoms with van der Waals surface area (Å²) in [5.74, 6) is 0.636. The number of aryl methyl sites for hydroxylation is 2. The van der Waals surface area contributed by atoms with E-state index in [1.807, 2.05) is 24.3 Å². The van der Waals surface area contributed by atoms with Crippen LogP contribution in [0.15, 0.2) is 60.7 Å². The van der Waals surface area contributed by atoms with Crippen LogP contribution in [0.2, 0.25) is 15.1 Å². The Morgan fingerprint density at radius 3 is 1.32 bits per heavy atom. The molecule has 3 aromatic carbocycles. The minimum Gasteiger partial charge on any atom is -0.508 e. The van der Waals surface area contributed by atoms with Crippen LogP contribution in [-0.2, 0) is 12.8 Å². The Morgan fingerprint density at radius 2 is 0.919 bits per heavy atom. The Bertz CT molecular complexity index is 986. The van der Waals surface area contributed by atoms with Gasteiger partial charge in [-0.05, 0) is 73.2 Å². The maximum atomic E-state index is 9.41. The van der Waals surface area contributed by atoms with Gasteiger partial charge in [0.15, 0.2) is 0 Å². The molecule has 0 heterocycles. The van der Waals surface area contributed by atoms with Crippen molar-refractivity contribution in [1.82, 2.24) is 0 Å². The van der Waals surface area contributed by atoms with Crippen molar-refractivity contribution in [3.8, 4) is 17.2 Å². The van der Waals surface area contributed by atoms with E-state index in [2.05, 4.69) is 13.8 Å². The number of aromatic hydroxyl groups is 3. The minimum absolute atomic E-state index is 0.194. The van der Waals surface area contributed by atoms with Gasteiger partial charge in [-0.15, -0.1) is 0 Å². The number of halogens is 3. The van der Waals surface area contributed by atoms with Gasteiger partial charge in [-0.3, -0.25) is 0 Å². The number of hydrogen-bond acceptors (Lipinski definition) is 3. The van der Waals surface area contributed by atoms with E-state index in [1.54, 1.807) is 36.4 Å². The van der Waals surface area contributed by atoms with Crippen LogP contribution < -0.4 is 0 Å². The van der Waals surface area contributed by atoms with Crippen LogP contribution in [0.5, 0.6) is 17.2 Å². The summed E-state index contributed by atoms with van der Waals surface area (Å²) in [7, 11) is 0. The molecule has 0 unspecified atom stereocenters. The van der Waals surface area contributed by atoms with Crippen molar-refractivity contribution in [2.45, 2.75) is 84.5 Å². The normalized spacial score (nSPS) is 10.2. The molecule has 0 saturated heterocycles.